The Morgan fingerprint density at radius 2 is 2.24 bits per heavy atom. The van der Waals surface area contributed by atoms with E-state index >= 15 is 0 Å². The van der Waals surface area contributed by atoms with Gasteiger partial charge in [0.2, 0.25) is 5.91 Å². The number of nitrogens with zero attached hydrogens (tertiary/aromatic N) is 1. The molecule has 0 fully saturated rings. The second-order valence-corrected chi connectivity index (χ2v) is 8.90. The monoisotopic (exact) mass is 381 g/mol. The highest BCUT2D eigenvalue weighted by Gasteiger charge is 2.21. The number of nitrogens with one attached hydrogen (secondary N) is 2. The number of ether oxygens (including phenoxy) is 1. The summed E-state index contributed by atoms with van der Waals surface area (Å²) < 4.78 is 33.1. The Bertz CT molecular complexity index is 893. The SMILES string of the molecule is CC(=O)Nc1ncc(S(=O)(=O)N[C@H](C)Cc2ccc3c(c2)CCO3)s1. The number of anilines is 1. The Hall–Kier alpha value is -1.97. The highest BCUT2D eigenvalue weighted by Crippen LogP contribution is 2.27. The zero-order valence-corrected chi connectivity index (χ0v) is 15.5. The smallest absolute Gasteiger partial charge is 0.251 e. The van der Waals surface area contributed by atoms with Gasteiger partial charge in [-0.2, -0.15) is 0 Å². The van der Waals surface area contributed by atoms with E-state index in [0.29, 0.717) is 13.0 Å². The summed E-state index contributed by atoms with van der Waals surface area (Å²) in [7, 11) is -3.68. The predicted molar refractivity (Wildman–Crippen MR) is 95.5 cm³/mol. The van der Waals surface area contributed by atoms with Crippen LogP contribution in [0.25, 0.3) is 0 Å². The zero-order valence-electron chi connectivity index (χ0n) is 13.9. The molecule has 1 amide bonds. The van der Waals surface area contributed by atoms with E-state index in [2.05, 4.69) is 21.1 Å². The third-order valence-electron chi connectivity index (χ3n) is 3.68. The van der Waals surface area contributed by atoms with Crippen molar-refractivity contribution in [1.29, 1.82) is 0 Å². The number of carbonyl (C=O) groups is 1. The average Bonchev–Trinajstić information content (AvgIpc) is 3.14. The lowest BCUT2D eigenvalue weighted by Crippen LogP contribution is -2.33. The summed E-state index contributed by atoms with van der Waals surface area (Å²) in [6.45, 7) is 3.86. The molecule has 0 saturated carbocycles. The van der Waals surface area contributed by atoms with Gasteiger partial charge in [-0.15, -0.1) is 0 Å². The molecule has 0 bridgehead atoms. The quantitative estimate of drug-likeness (QED) is 0.797. The number of fused-ring (bicyclic) bond motifs is 1. The van der Waals surface area contributed by atoms with Crippen molar-refractivity contribution in [2.75, 3.05) is 11.9 Å². The number of sulfonamides is 1. The molecule has 1 aromatic heterocycles. The number of amides is 1. The minimum atomic E-state index is -3.68. The summed E-state index contributed by atoms with van der Waals surface area (Å²) >= 11 is 0.923. The molecule has 0 unspecified atom stereocenters. The van der Waals surface area contributed by atoms with Gasteiger partial charge in [0.25, 0.3) is 10.0 Å². The summed E-state index contributed by atoms with van der Waals surface area (Å²) in [5.74, 6) is 0.618. The lowest BCUT2D eigenvalue weighted by Gasteiger charge is -2.14. The second kappa shape index (κ2) is 7.11. The van der Waals surface area contributed by atoms with Crippen molar-refractivity contribution < 1.29 is 17.9 Å². The second-order valence-electron chi connectivity index (χ2n) is 5.93. The molecule has 2 heterocycles. The minimum Gasteiger partial charge on any atom is -0.493 e. The molecular weight excluding hydrogens is 362 g/mol. The highest BCUT2D eigenvalue weighted by atomic mass is 32.2. The van der Waals surface area contributed by atoms with E-state index < -0.39 is 10.0 Å². The van der Waals surface area contributed by atoms with Crippen molar-refractivity contribution in [2.45, 2.75) is 36.9 Å². The maximum absolute atomic E-state index is 12.4. The van der Waals surface area contributed by atoms with Gasteiger partial charge in [0, 0.05) is 19.4 Å². The van der Waals surface area contributed by atoms with Crippen LogP contribution in [0.1, 0.15) is 25.0 Å². The van der Waals surface area contributed by atoms with Crippen LogP contribution in [0.5, 0.6) is 5.75 Å². The van der Waals surface area contributed by atoms with Gasteiger partial charge in [-0.05, 0) is 30.5 Å². The van der Waals surface area contributed by atoms with E-state index in [1.54, 1.807) is 0 Å². The van der Waals surface area contributed by atoms with Crippen molar-refractivity contribution in [3.63, 3.8) is 0 Å². The van der Waals surface area contributed by atoms with Gasteiger partial charge in [-0.25, -0.2) is 18.1 Å². The molecule has 25 heavy (non-hydrogen) atoms. The van der Waals surface area contributed by atoms with E-state index in [-0.39, 0.29) is 21.3 Å². The van der Waals surface area contributed by atoms with Crippen molar-refractivity contribution in [3.05, 3.63) is 35.5 Å². The molecule has 3 rings (SSSR count). The van der Waals surface area contributed by atoms with Gasteiger partial charge >= 0.3 is 0 Å². The van der Waals surface area contributed by atoms with E-state index in [0.717, 1.165) is 34.6 Å². The van der Waals surface area contributed by atoms with E-state index in [4.69, 9.17) is 4.74 Å². The fourth-order valence-corrected chi connectivity index (χ4v) is 5.01. The van der Waals surface area contributed by atoms with Crippen molar-refractivity contribution in [2.24, 2.45) is 0 Å². The molecule has 1 aliphatic heterocycles. The fourth-order valence-electron chi connectivity index (χ4n) is 2.68. The molecular formula is C16H19N3O4S2. The van der Waals surface area contributed by atoms with Gasteiger partial charge in [0.1, 0.15) is 5.75 Å². The van der Waals surface area contributed by atoms with Crippen LogP contribution in [-0.2, 0) is 27.7 Å². The molecule has 0 spiro atoms. The molecule has 0 saturated heterocycles. The molecule has 0 aliphatic carbocycles. The van der Waals surface area contributed by atoms with Gasteiger partial charge in [0.05, 0.1) is 12.8 Å². The van der Waals surface area contributed by atoms with E-state index in [1.165, 1.54) is 13.1 Å². The number of aromatic nitrogens is 1. The first-order valence-corrected chi connectivity index (χ1v) is 10.1. The predicted octanol–water partition coefficient (Wildman–Crippen LogP) is 1.95. The zero-order chi connectivity index (χ0) is 18.0. The molecule has 7 nitrogen and oxygen atoms in total. The Morgan fingerprint density at radius 1 is 1.44 bits per heavy atom. The number of rotatable bonds is 6. The maximum Gasteiger partial charge on any atom is 0.251 e. The van der Waals surface area contributed by atoms with Gasteiger partial charge in [0.15, 0.2) is 9.34 Å². The van der Waals surface area contributed by atoms with E-state index in [9.17, 15) is 13.2 Å². The van der Waals surface area contributed by atoms with Crippen LogP contribution in [-0.4, -0.2) is 32.0 Å². The normalized spacial score (nSPS) is 14.6. The Morgan fingerprint density at radius 3 is 3.00 bits per heavy atom. The molecule has 9 heteroatoms. The van der Waals surface area contributed by atoms with Crippen molar-refractivity contribution >= 4 is 32.4 Å². The molecule has 0 radical (unpaired) electrons. The molecule has 1 aliphatic rings. The van der Waals surface area contributed by atoms with Crippen LogP contribution in [0.3, 0.4) is 0 Å². The number of hydrogen-bond acceptors (Lipinski definition) is 6. The summed E-state index contributed by atoms with van der Waals surface area (Å²) in [6, 6.07) is 5.67. The number of thiazole rings is 1. The fraction of sp³-hybridized carbons (Fsp3) is 0.375. The van der Waals surface area contributed by atoms with Crippen molar-refractivity contribution in [3.8, 4) is 5.75 Å². The largest absolute Gasteiger partial charge is 0.493 e. The van der Waals surface area contributed by atoms with Crippen LogP contribution in [0.4, 0.5) is 5.13 Å². The van der Waals surface area contributed by atoms with Gasteiger partial charge in [-0.3, -0.25) is 4.79 Å². The molecule has 1 atom stereocenters. The summed E-state index contributed by atoms with van der Waals surface area (Å²) in [5.41, 5.74) is 2.22. The average molecular weight is 381 g/mol. The number of hydrogen-bond donors (Lipinski definition) is 2. The molecule has 134 valence electrons. The lowest BCUT2D eigenvalue weighted by molar-refractivity contribution is -0.114. The van der Waals surface area contributed by atoms with Crippen LogP contribution < -0.4 is 14.8 Å². The third kappa shape index (κ3) is 4.36. The lowest BCUT2D eigenvalue weighted by atomic mass is 10.0. The minimum absolute atomic E-state index is 0.0745. The Labute approximate surface area is 150 Å². The van der Waals surface area contributed by atoms with Gasteiger partial charge in [-0.1, -0.05) is 23.5 Å². The van der Waals surface area contributed by atoms with Crippen molar-refractivity contribution in [1.82, 2.24) is 9.71 Å². The summed E-state index contributed by atoms with van der Waals surface area (Å²) in [5, 5.41) is 2.74. The Kier molecular flexibility index (Phi) is 5.07. The third-order valence-corrected chi connectivity index (χ3v) is 6.65. The molecule has 2 N–H and O–H groups in total. The van der Waals surface area contributed by atoms with Gasteiger partial charge < -0.3 is 10.1 Å². The first kappa shape index (κ1) is 17.8. The number of carbonyl (C=O) groups excluding carboxylic acids is 1. The topological polar surface area (TPSA) is 97.4 Å². The maximum atomic E-state index is 12.4. The van der Waals surface area contributed by atoms with Crippen LogP contribution >= 0.6 is 11.3 Å². The van der Waals surface area contributed by atoms with Crippen LogP contribution in [0.2, 0.25) is 0 Å². The summed E-state index contributed by atoms with van der Waals surface area (Å²) in [4.78, 5) is 14.9. The highest BCUT2D eigenvalue weighted by molar-refractivity contribution is 7.91. The molecule has 1 aromatic carbocycles. The first-order chi connectivity index (χ1) is 11.8. The molecule has 2 aromatic rings. The first-order valence-electron chi connectivity index (χ1n) is 7.84. The number of benzene rings is 1. The van der Waals surface area contributed by atoms with E-state index in [1.807, 2.05) is 19.1 Å². The Balaban J connectivity index is 1.66. The van der Waals surface area contributed by atoms with Crippen LogP contribution in [0, 0.1) is 0 Å². The standard InChI is InChI=1S/C16H19N3O4S2/c1-10(7-12-3-4-14-13(8-12)5-6-23-14)19-25(21,22)15-9-17-16(24-15)18-11(2)20/h3-4,8-10,19H,5-7H2,1-2H3,(H,17,18,20)/t10-/m1/s1. The van der Waals surface area contributed by atoms with Crippen LogP contribution in [0.15, 0.2) is 28.6 Å². The summed E-state index contributed by atoms with van der Waals surface area (Å²) in [6.07, 6.45) is 2.71.